The smallest absolute Gasteiger partial charge is 0.0261 e. The van der Waals surface area contributed by atoms with Crippen molar-refractivity contribution >= 4 is 11.6 Å². The first-order chi connectivity index (χ1) is 5.81. The summed E-state index contributed by atoms with van der Waals surface area (Å²) in [6, 6.07) is 0. The Morgan fingerprint density at radius 3 is 2.58 bits per heavy atom. The zero-order valence-corrected chi connectivity index (χ0v) is 9.16. The minimum absolute atomic E-state index is 0.609. The number of hydrogen-bond donors (Lipinski definition) is 1. The van der Waals surface area contributed by atoms with Crippen molar-refractivity contribution in [1.82, 2.24) is 5.32 Å². The third-order valence-corrected chi connectivity index (χ3v) is 2.49. The van der Waals surface area contributed by atoms with Gasteiger partial charge < -0.3 is 5.32 Å². The van der Waals surface area contributed by atoms with Crippen LogP contribution in [-0.2, 0) is 0 Å². The van der Waals surface area contributed by atoms with Gasteiger partial charge in [-0.05, 0) is 25.4 Å². The summed E-state index contributed by atoms with van der Waals surface area (Å²) in [5.74, 6) is 1.37. The van der Waals surface area contributed by atoms with Crippen molar-refractivity contribution in [2.75, 3.05) is 19.0 Å². The van der Waals surface area contributed by atoms with Gasteiger partial charge in [-0.2, -0.15) is 0 Å². The van der Waals surface area contributed by atoms with Gasteiger partial charge in [0.15, 0.2) is 0 Å². The van der Waals surface area contributed by atoms with Crippen LogP contribution in [-0.4, -0.2) is 19.0 Å². The van der Waals surface area contributed by atoms with Crippen LogP contribution < -0.4 is 5.32 Å². The van der Waals surface area contributed by atoms with Crippen molar-refractivity contribution in [3.63, 3.8) is 0 Å². The molecule has 0 aliphatic rings. The minimum atomic E-state index is 0.609. The number of hydrogen-bond acceptors (Lipinski definition) is 1. The fourth-order valence-electron chi connectivity index (χ4n) is 1.08. The topological polar surface area (TPSA) is 12.0 Å². The van der Waals surface area contributed by atoms with Crippen LogP contribution in [0.3, 0.4) is 0 Å². The predicted molar refractivity (Wildman–Crippen MR) is 56.9 cm³/mol. The molecule has 0 amide bonds. The molecule has 0 fully saturated rings. The zero-order valence-electron chi connectivity index (χ0n) is 8.41. The van der Waals surface area contributed by atoms with Crippen LogP contribution in [0.15, 0.2) is 0 Å². The van der Waals surface area contributed by atoms with Gasteiger partial charge in [0.25, 0.3) is 0 Å². The monoisotopic (exact) mass is 191 g/mol. The summed E-state index contributed by atoms with van der Waals surface area (Å²) >= 11 is 5.67. The summed E-state index contributed by atoms with van der Waals surface area (Å²) in [6.45, 7) is 6.63. The van der Waals surface area contributed by atoms with Crippen LogP contribution in [0, 0.1) is 5.92 Å². The van der Waals surface area contributed by atoms with Gasteiger partial charge in [0.1, 0.15) is 0 Å². The fraction of sp³-hybridized carbons (Fsp3) is 1.00. The quantitative estimate of drug-likeness (QED) is 0.460. The number of alkyl halides is 1. The Kier molecular flexibility index (Phi) is 9.53. The van der Waals surface area contributed by atoms with Gasteiger partial charge in [-0.1, -0.05) is 33.1 Å². The first kappa shape index (κ1) is 12.2. The Labute approximate surface area is 81.9 Å². The molecule has 12 heavy (non-hydrogen) atoms. The van der Waals surface area contributed by atoms with E-state index in [9.17, 15) is 0 Å². The van der Waals surface area contributed by atoms with E-state index >= 15 is 0 Å². The second-order valence-electron chi connectivity index (χ2n) is 3.52. The van der Waals surface area contributed by atoms with Crippen LogP contribution >= 0.6 is 11.6 Å². The maximum Gasteiger partial charge on any atom is 0.0261 e. The second-order valence-corrected chi connectivity index (χ2v) is 3.83. The molecule has 1 N–H and O–H groups in total. The maximum atomic E-state index is 5.67. The molecule has 2 heteroatoms. The largest absolute Gasteiger partial charge is 0.316 e. The van der Waals surface area contributed by atoms with Crippen molar-refractivity contribution < 1.29 is 0 Å². The maximum absolute atomic E-state index is 5.67. The molecule has 0 saturated carbocycles. The lowest BCUT2D eigenvalue weighted by Crippen LogP contribution is -2.22. The summed E-state index contributed by atoms with van der Waals surface area (Å²) < 4.78 is 0. The third kappa shape index (κ3) is 8.35. The van der Waals surface area contributed by atoms with Crippen molar-refractivity contribution in [2.45, 2.75) is 39.5 Å². The summed E-state index contributed by atoms with van der Waals surface area (Å²) in [6.07, 6.45) is 5.35. The van der Waals surface area contributed by atoms with E-state index in [2.05, 4.69) is 19.2 Å². The Hall–Kier alpha value is 0.250. The summed E-state index contributed by atoms with van der Waals surface area (Å²) in [5, 5.41) is 3.41. The molecule has 0 radical (unpaired) electrons. The Bertz CT molecular complexity index is 85.9. The molecule has 1 unspecified atom stereocenters. The normalized spacial score (nSPS) is 13.2. The van der Waals surface area contributed by atoms with Crippen LogP contribution in [0.25, 0.3) is 0 Å². The lowest BCUT2D eigenvalue weighted by molar-refractivity contribution is 0.532. The number of unbranched alkanes of at least 4 members (excludes halogenated alkanes) is 3. The highest BCUT2D eigenvalue weighted by Crippen LogP contribution is 1.98. The SMILES string of the molecule is CCCCCCNCC(C)CCl. The molecule has 0 aromatic carbocycles. The lowest BCUT2D eigenvalue weighted by atomic mass is 10.2. The summed E-state index contributed by atoms with van der Waals surface area (Å²) in [4.78, 5) is 0. The summed E-state index contributed by atoms with van der Waals surface area (Å²) in [7, 11) is 0. The molecule has 0 spiro atoms. The molecule has 0 rings (SSSR count). The van der Waals surface area contributed by atoms with E-state index in [4.69, 9.17) is 11.6 Å². The first-order valence-corrected chi connectivity index (χ1v) is 5.61. The first-order valence-electron chi connectivity index (χ1n) is 5.08. The van der Waals surface area contributed by atoms with Crippen LogP contribution in [0.4, 0.5) is 0 Å². The minimum Gasteiger partial charge on any atom is -0.316 e. The van der Waals surface area contributed by atoms with Gasteiger partial charge in [-0.3, -0.25) is 0 Å². The molecule has 0 aliphatic heterocycles. The van der Waals surface area contributed by atoms with Crippen LogP contribution in [0.2, 0.25) is 0 Å². The average Bonchev–Trinajstić information content (AvgIpc) is 2.10. The van der Waals surface area contributed by atoms with Gasteiger partial charge in [-0.15, -0.1) is 11.6 Å². The number of rotatable bonds is 8. The average molecular weight is 192 g/mol. The molecule has 0 saturated heterocycles. The van der Waals surface area contributed by atoms with Crippen molar-refractivity contribution in [3.8, 4) is 0 Å². The Morgan fingerprint density at radius 2 is 2.00 bits per heavy atom. The second kappa shape index (κ2) is 9.34. The zero-order chi connectivity index (χ0) is 9.23. The van der Waals surface area contributed by atoms with Crippen LogP contribution in [0.1, 0.15) is 39.5 Å². The molecule has 1 atom stereocenters. The molecular formula is C10H22ClN. The van der Waals surface area contributed by atoms with Crippen molar-refractivity contribution in [3.05, 3.63) is 0 Å². The number of nitrogens with one attached hydrogen (secondary N) is 1. The van der Waals surface area contributed by atoms with E-state index in [-0.39, 0.29) is 0 Å². The van der Waals surface area contributed by atoms with E-state index in [0.29, 0.717) is 5.92 Å². The van der Waals surface area contributed by atoms with E-state index in [1.54, 1.807) is 0 Å². The Morgan fingerprint density at radius 1 is 1.25 bits per heavy atom. The van der Waals surface area contributed by atoms with E-state index in [1.165, 1.54) is 25.7 Å². The molecule has 0 bridgehead atoms. The van der Waals surface area contributed by atoms with Gasteiger partial charge >= 0.3 is 0 Å². The lowest BCUT2D eigenvalue weighted by Gasteiger charge is -2.08. The van der Waals surface area contributed by atoms with Crippen LogP contribution in [0.5, 0.6) is 0 Å². The standard InChI is InChI=1S/C10H22ClN/c1-3-4-5-6-7-12-9-10(2)8-11/h10,12H,3-9H2,1-2H3. The predicted octanol–water partition coefficient (Wildman–Crippen LogP) is 3.03. The molecule has 0 aromatic heterocycles. The summed E-state index contributed by atoms with van der Waals surface area (Å²) in [5.41, 5.74) is 0. The molecule has 0 aromatic rings. The molecule has 0 heterocycles. The molecular weight excluding hydrogens is 170 g/mol. The molecule has 0 aliphatic carbocycles. The third-order valence-electron chi connectivity index (χ3n) is 1.96. The highest BCUT2D eigenvalue weighted by molar-refractivity contribution is 6.18. The molecule has 1 nitrogen and oxygen atoms in total. The van der Waals surface area contributed by atoms with Gasteiger partial charge in [0, 0.05) is 5.88 Å². The highest BCUT2D eigenvalue weighted by atomic mass is 35.5. The van der Waals surface area contributed by atoms with E-state index in [1.807, 2.05) is 0 Å². The van der Waals surface area contributed by atoms with Crippen molar-refractivity contribution in [1.29, 1.82) is 0 Å². The van der Waals surface area contributed by atoms with Crippen molar-refractivity contribution in [2.24, 2.45) is 5.92 Å². The number of halogens is 1. The van der Waals surface area contributed by atoms with E-state index < -0.39 is 0 Å². The van der Waals surface area contributed by atoms with E-state index in [0.717, 1.165) is 19.0 Å². The molecule has 74 valence electrons. The highest BCUT2D eigenvalue weighted by Gasteiger charge is 1.97. The van der Waals surface area contributed by atoms with Gasteiger partial charge in [0.2, 0.25) is 0 Å². The fourth-order valence-corrected chi connectivity index (χ4v) is 1.19. The Balaban J connectivity index is 2.90. The van der Waals surface area contributed by atoms with Gasteiger partial charge in [0.05, 0.1) is 0 Å². The van der Waals surface area contributed by atoms with Gasteiger partial charge in [-0.25, -0.2) is 0 Å².